The van der Waals surface area contributed by atoms with Crippen molar-refractivity contribution < 1.29 is 9.59 Å². The molecule has 0 saturated heterocycles. The highest BCUT2D eigenvalue weighted by Crippen LogP contribution is 2.20. The van der Waals surface area contributed by atoms with Gasteiger partial charge < -0.3 is 10.2 Å². The maximum Gasteiger partial charge on any atom is 0.243 e. The molecule has 1 unspecified atom stereocenters. The summed E-state index contributed by atoms with van der Waals surface area (Å²) in [6.07, 6.45) is 6.63. The lowest BCUT2D eigenvalue weighted by Crippen LogP contribution is -2.51. The molecule has 0 radical (unpaired) electrons. The van der Waals surface area contributed by atoms with Crippen LogP contribution in [0.4, 0.5) is 0 Å². The first-order valence-corrected chi connectivity index (χ1v) is 11.8. The molecule has 3 rings (SSSR count). The molecule has 1 atom stereocenters. The minimum atomic E-state index is -0.442. The van der Waals surface area contributed by atoms with E-state index in [0.29, 0.717) is 30.8 Å². The van der Waals surface area contributed by atoms with Crippen LogP contribution in [0.5, 0.6) is 0 Å². The van der Waals surface area contributed by atoms with Crippen molar-refractivity contribution in [3.05, 3.63) is 70.7 Å². The Morgan fingerprint density at radius 3 is 2.39 bits per heavy atom. The molecule has 0 aliphatic heterocycles. The average Bonchev–Trinajstić information content (AvgIpc) is 3.29. The third-order valence-electron chi connectivity index (χ3n) is 6.14. The number of aryl methyl sites for hydroxylation is 1. The van der Waals surface area contributed by atoms with Crippen molar-refractivity contribution in [1.29, 1.82) is 0 Å². The van der Waals surface area contributed by atoms with E-state index in [1.54, 1.807) is 4.90 Å². The van der Waals surface area contributed by atoms with Gasteiger partial charge >= 0.3 is 0 Å². The summed E-state index contributed by atoms with van der Waals surface area (Å²) in [6.45, 7) is 2.51. The molecule has 1 N–H and O–H groups in total. The quantitative estimate of drug-likeness (QED) is 0.553. The first-order chi connectivity index (χ1) is 15.1. The largest absolute Gasteiger partial charge is 0.352 e. The molecular weight excluding hydrogens is 408 g/mol. The van der Waals surface area contributed by atoms with E-state index in [1.807, 2.05) is 49.4 Å². The van der Waals surface area contributed by atoms with Gasteiger partial charge in [-0.2, -0.15) is 0 Å². The number of carbonyl (C=O) groups is 2. The van der Waals surface area contributed by atoms with Gasteiger partial charge in [-0.15, -0.1) is 0 Å². The van der Waals surface area contributed by atoms with E-state index < -0.39 is 6.04 Å². The van der Waals surface area contributed by atoms with Gasteiger partial charge in [0.1, 0.15) is 6.04 Å². The Kier molecular flexibility index (Phi) is 8.96. The maximum atomic E-state index is 13.3. The SMILES string of the molecule is CCC(C(=O)NC1CCCC1)N(CCc1ccccc1)C(=O)CCc1ccccc1Cl. The Bertz CT molecular complexity index is 849. The summed E-state index contributed by atoms with van der Waals surface area (Å²) in [4.78, 5) is 28.2. The van der Waals surface area contributed by atoms with Crippen LogP contribution in [0, 0.1) is 0 Å². The standard InChI is InChI=1S/C26H33ClN2O2/c1-2-24(26(31)28-22-13-7-8-14-22)29(19-18-20-10-4-3-5-11-20)25(30)17-16-21-12-6-9-15-23(21)27/h3-6,9-12,15,22,24H,2,7-8,13-14,16-19H2,1H3,(H,28,31). The number of hydrogen-bond acceptors (Lipinski definition) is 2. The summed E-state index contributed by atoms with van der Waals surface area (Å²) >= 11 is 6.27. The molecule has 1 aliphatic carbocycles. The van der Waals surface area contributed by atoms with Gasteiger partial charge in [-0.25, -0.2) is 0 Å². The van der Waals surface area contributed by atoms with Gasteiger partial charge in [-0.3, -0.25) is 9.59 Å². The van der Waals surface area contributed by atoms with Crippen LogP contribution < -0.4 is 5.32 Å². The fourth-order valence-electron chi connectivity index (χ4n) is 4.35. The first-order valence-electron chi connectivity index (χ1n) is 11.5. The number of hydrogen-bond donors (Lipinski definition) is 1. The number of rotatable bonds is 10. The van der Waals surface area contributed by atoms with Crippen LogP contribution >= 0.6 is 11.6 Å². The average molecular weight is 441 g/mol. The highest BCUT2D eigenvalue weighted by Gasteiger charge is 2.30. The topological polar surface area (TPSA) is 49.4 Å². The van der Waals surface area contributed by atoms with E-state index in [0.717, 1.165) is 43.2 Å². The molecule has 1 aliphatic rings. The molecule has 4 nitrogen and oxygen atoms in total. The molecule has 0 spiro atoms. The molecule has 0 heterocycles. The molecule has 1 fully saturated rings. The van der Waals surface area contributed by atoms with Crippen molar-refractivity contribution in [3.8, 4) is 0 Å². The lowest BCUT2D eigenvalue weighted by molar-refractivity contribution is -0.141. The minimum absolute atomic E-state index is 0.00396. The molecule has 2 aromatic rings. The van der Waals surface area contributed by atoms with Gasteiger partial charge in [-0.1, -0.05) is 79.9 Å². The molecular formula is C26H33ClN2O2. The minimum Gasteiger partial charge on any atom is -0.352 e. The second kappa shape index (κ2) is 11.9. The molecule has 5 heteroatoms. The van der Waals surface area contributed by atoms with E-state index >= 15 is 0 Å². The molecule has 166 valence electrons. The number of nitrogens with zero attached hydrogens (tertiary/aromatic N) is 1. The normalized spacial score (nSPS) is 14.9. The molecule has 2 amide bonds. The smallest absolute Gasteiger partial charge is 0.243 e. The van der Waals surface area contributed by atoms with Crippen LogP contribution in [0.1, 0.15) is 56.6 Å². The summed E-state index contributed by atoms with van der Waals surface area (Å²) in [6, 6.07) is 17.5. The summed E-state index contributed by atoms with van der Waals surface area (Å²) in [5.74, 6) is -0.0159. The lowest BCUT2D eigenvalue weighted by atomic mass is 10.1. The predicted molar refractivity (Wildman–Crippen MR) is 126 cm³/mol. The molecule has 2 aromatic carbocycles. The second-order valence-electron chi connectivity index (χ2n) is 8.33. The van der Waals surface area contributed by atoms with Crippen LogP contribution in [-0.4, -0.2) is 35.3 Å². The zero-order valence-electron chi connectivity index (χ0n) is 18.4. The highest BCUT2D eigenvalue weighted by molar-refractivity contribution is 6.31. The van der Waals surface area contributed by atoms with Crippen LogP contribution in [-0.2, 0) is 22.4 Å². The second-order valence-corrected chi connectivity index (χ2v) is 8.74. The Labute approximate surface area is 191 Å². The molecule has 31 heavy (non-hydrogen) atoms. The zero-order chi connectivity index (χ0) is 22.1. The monoisotopic (exact) mass is 440 g/mol. The van der Waals surface area contributed by atoms with Gasteiger partial charge in [-0.05, 0) is 49.3 Å². The van der Waals surface area contributed by atoms with Crippen molar-refractivity contribution in [3.63, 3.8) is 0 Å². The van der Waals surface area contributed by atoms with Gasteiger partial charge in [0, 0.05) is 24.0 Å². The summed E-state index contributed by atoms with van der Waals surface area (Å²) in [5, 5.41) is 3.87. The van der Waals surface area contributed by atoms with E-state index in [9.17, 15) is 9.59 Å². The maximum absolute atomic E-state index is 13.3. The third kappa shape index (κ3) is 6.83. The zero-order valence-corrected chi connectivity index (χ0v) is 19.1. The Balaban J connectivity index is 1.70. The van der Waals surface area contributed by atoms with Gasteiger partial charge in [0.2, 0.25) is 11.8 Å². The van der Waals surface area contributed by atoms with Crippen molar-refractivity contribution in [2.75, 3.05) is 6.54 Å². The number of halogens is 1. The van der Waals surface area contributed by atoms with E-state index in [1.165, 1.54) is 0 Å². The summed E-state index contributed by atoms with van der Waals surface area (Å²) < 4.78 is 0. The molecule has 1 saturated carbocycles. The fourth-order valence-corrected chi connectivity index (χ4v) is 4.58. The molecule has 0 aromatic heterocycles. The number of benzene rings is 2. The Hall–Kier alpha value is -2.33. The van der Waals surface area contributed by atoms with Crippen LogP contribution in [0.15, 0.2) is 54.6 Å². The van der Waals surface area contributed by atoms with E-state index in [2.05, 4.69) is 17.4 Å². The number of nitrogens with one attached hydrogen (secondary N) is 1. The van der Waals surface area contributed by atoms with Crippen molar-refractivity contribution in [2.45, 2.75) is 70.4 Å². The van der Waals surface area contributed by atoms with Gasteiger partial charge in [0.15, 0.2) is 0 Å². The number of carbonyl (C=O) groups excluding carboxylic acids is 2. The van der Waals surface area contributed by atoms with Gasteiger partial charge in [0.25, 0.3) is 0 Å². The summed E-state index contributed by atoms with van der Waals surface area (Å²) in [5.41, 5.74) is 2.13. The first kappa shape index (κ1) is 23.3. The summed E-state index contributed by atoms with van der Waals surface area (Å²) in [7, 11) is 0. The van der Waals surface area contributed by atoms with Crippen LogP contribution in [0.25, 0.3) is 0 Å². The fraction of sp³-hybridized carbons (Fsp3) is 0.462. The van der Waals surface area contributed by atoms with E-state index in [4.69, 9.17) is 11.6 Å². The highest BCUT2D eigenvalue weighted by atomic mass is 35.5. The Morgan fingerprint density at radius 2 is 1.71 bits per heavy atom. The van der Waals surface area contributed by atoms with Crippen molar-refractivity contribution in [2.24, 2.45) is 0 Å². The predicted octanol–water partition coefficient (Wildman–Crippen LogP) is 5.18. The third-order valence-corrected chi connectivity index (χ3v) is 6.51. The molecule has 0 bridgehead atoms. The Morgan fingerprint density at radius 1 is 1.03 bits per heavy atom. The van der Waals surface area contributed by atoms with Crippen LogP contribution in [0.2, 0.25) is 5.02 Å². The van der Waals surface area contributed by atoms with Crippen molar-refractivity contribution in [1.82, 2.24) is 10.2 Å². The van der Waals surface area contributed by atoms with Crippen molar-refractivity contribution >= 4 is 23.4 Å². The van der Waals surface area contributed by atoms with Gasteiger partial charge in [0.05, 0.1) is 0 Å². The lowest BCUT2D eigenvalue weighted by Gasteiger charge is -2.31. The van der Waals surface area contributed by atoms with E-state index in [-0.39, 0.29) is 17.9 Å². The van der Waals surface area contributed by atoms with Crippen LogP contribution in [0.3, 0.4) is 0 Å². The number of amides is 2.